The summed E-state index contributed by atoms with van der Waals surface area (Å²) in [6.07, 6.45) is 4.70. The van der Waals surface area contributed by atoms with Crippen molar-refractivity contribution in [2.75, 3.05) is 0 Å². The van der Waals surface area contributed by atoms with Crippen molar-refractivity contribution in [3.8, 4) is 0 Å². The second-order valence-electron chi connectivity index (χ2n) is 5.53. The minimum Gasteiger partial charge on any atom is -0.385 e. The van der Waals surface area contributed by atoms with Crippen LogP contribution in [0.5, 0.6) is 0 Å². The van der Waals surface area contributed by atoms with Crippen LogP contribution in [0.25, 0.3) is 0 Å². The molecule has 1 N–H and O–H groups in total. The summed E-state index contributed by atoms with van der Waals surface area (Å²) in [6.45, 7) is 3.97. The normalized spacial score (nSPS) is 30.0. The molecule has 0 radical (unpaired) electrons. The monoisotopic (exact) mass is 236 g/mol. The summed E-state index contributed by atoms with van der Waals surface area (Å²) < 4.78 is 13.6. The van der Waals surface area contributed by atoms with Crippen molar-refractivity contribution in [2.24, 2.45) is 5.92 Å². The Kier molecular flexibility index (Phi) is 3.53. The van der Waals surface area contributed by atoms with Gasteiger partial charge in [-0.3, -0.25) is 0 Å². The van der Waals surface area contributed by atoms with E-state index in [1.54, 1.807) is 13.0 Å². The van der Waals surface area contributed by atoms with E-state index in [0.717, 1.165) is 37.7 Å². The standard InChI is InChI=1S/C15H21FO/c1-11-4-3-8-15(17,9-7-11)13-6-5-12(2)14(16)10-13/h5-6,10-11,17H,3-4,7-9H2,1-2H3. The Bertz CT molecular complexity index is 402. The van der Waals surface area contributed by atoms with Crippen LogP contribution in [0.4, 0.5) is 4.39 Å². The zero-order chi connectivity index (χ0) is 12.5. The maximum Gasteiger partial charge on any atom is 0.126 e. The molecule has 0 spiro atoms. The molecule has 0 saturated heterocycles. The molecule has 1 aliphatic carbocycles. The summed E-state index contributed by atoms with van der Waals surface area (Å²) in [5.41, 5.74) is 0.563. The Morgan fingerprint density at radius 2 is 2.06 bits per heavy atom. The molecule has 1 aromatic rings. The highest BCUT2D eigenvalue weighted by atomic mass is 19.1. The average molecular weight is 236 g/mol. The van der Waals surface area contributed by atoms with Crippen LogP contribution < -0.4 is 0 Å². The molecule has 2 rings (SSSR count). The summed E-state index contributed by atoms with van der Waals surface area (Å²) >= 11 is 0. The third kappa shape index (κ3) is 2.68. The van der Waals surface area contributed by atoms with E-state index in [0.29, 0.717) is 11.5 Å². The minimum atomic E-state index is -0.820. The van der Waals surface area contributed by atoms with Gasteiger partial charge in [-0.05, 0) is 55.7 Å². The summed E-state index contributed by atoms with van der Waals surface area (Å²) in [4.78, 5) is 0. The average Bonchev–Trinajstić information content (AvgIpc) is 2.46. The molecule has 1 fully saturated rings. The van der Waals surface area contributed by atoms with Gasteiger partial charge in [-0.25, -0.2) is 4.39 Å². The number of halogens is 1. The van der Waals surface area contributed by atoms with Gasteiger partial charge < -0.3 is 5.11 Å². The molecular formula is C15H21FO. The van der Waals surface area contributed by atoms with Crippen molar-refractivity contribution in [1.29, 1.82) is 0 Å². The third-order valence-corrected chi connectivity index (χ3v) is 4.05. The van der Waals surface area contributed by atoms with Crippen LogP contribution in [0.2, 0.25) is 0 Å². The van der Waals surface area contributed by atoms with Crippen molar-refractivity contribution in [3.63, 3.8) is 0 Å². The highest BCUT2D eigenvalue weighted by Crippen LogP contribution is 2.38. The quantitative estimate of drug-likeness (QED) is 0.733. The molecule has 1 nitrogen and oxygen atoms in total. The number of rotatable bonds is 1. The van der Waals surface area contributed by atoms with Gasteiger partial charge in [-0.2, -0.15) is 0 Å². The lowest BCUT2D eigenvalue weighted by Gasteiger charge is -2.27. The second-order valence-corrected chi connectivity index (χ2v) is 5.53. The van der Waals surface area contributed by atoms with Gasteiger partial charge >= 0.3 is 0 Å². The molecule has 94 valence electrons. The van der Waals surface area contributed by atoms with E-state index in [1.165, 1.54) is 6.07 Å². The molecule has 0 bridgehead atoms. The molecular weight excluding hydrogens is 215 g/mol. The van der Waals surface area contributed by atoms with E-state index in [2.05, 4.69) is 6.92 Å². The number of hydrogen-bond acceptors (Lipinski definition) is 1. The molecule has 2 unspecified atom stereocenters. The minimum absolute atomic E-state index is 0.215. The maximum atomic E-state index is 13.6. The lowest BCUT2D eigenvalue weighted by molar-refractivity contribution is 0.0195. The van der Waals surface area contributed by atoms with Gasteiger partial charge in [0.25, 0.3) is 0 Å². The second kappa shape index (κ2) is 4.77. The summed E-state index contributed by atoms with van der Waals surface area (Å²) in [5.74, 6) is 0.451. The Hall–Kier alpha value is -0.890. The first-order chi connectivity index (χ1) is 8.01. The van der Waals surface area contributed by atoms with Crippen LogP contribution in [0.15, 0.2) is 18.2 Å². The van der Waals surface area contributed by atoms with Gasteiger partial charge in [0.2, 0.25) is 0 Å². The number of aliphatic hydroxyl groups is 1. The van der Waals surface area contributed by atoms with Gasteiger partial charge in [0.1, 0.15) is 5.82 Å². The van der Waals surface area contributed by atoms with Crippen LogP contribution in [-0.2, 0) is 5.60 Å². The van der Waals surface area contributed by atoms with Crippen LogP contribution in [-0.4, -0.2) is 5.11 Å². The molecule has 0 amide bonds. The Morgan fingerprint density at radius 1 is 1.29 bits per heavy atom. The molecule has 1 aromatic carbocycles. The van der Waals surface area contributed by atoms with Gasteiger partial charge in [0.15, 0.2) is 0 Å². The smallest absolute Gasteiger partial charge is 0.126 e. The van der Waals surface area contributed by atoms with E-state index in [9.17, 15) is 9.50 Å². The molecule has 1 saturated carbocycles. The SMILES string of the molecule is Cc1ccc(C2(O)CCCC(C)CC2)cc1F. The van der Waals surface area contributed by atoms with Crippen LogP contribution >= 0.6 is 0 Å². The molecule has 2 atom stereocenters. The highest BCUT2D eigenvalue weighted by molar-refractivity contribution is 5.28. The predicted molar refractivity (Wildman–Crippen MR) is 67.3 cm³/mol. The van der Waals surface area contributed by atoms with Crippen molar-refractivity contribution in [1.82, 2.24) is 0 Å². The van der Waals surface area contributed by atoms with E-state index in [1.807, 2.05) is 6.07 Å². The van der Waals surface area contributed by atoms with E-state index >= 15 is 0 Å². The maximum absolute atomic E-state index is 13.6. The molecule has 0 aliphatic heterocycles. The van der Waals surface area contributed by atoms with Gasteiger partial charge in [-0.15, -0.1) is 0 Å². The predicted octanol–water partition coefficient (Wildman–Crippen LogP) is 3.92. The fourth-order valence-electron chi connectivity index (χ4n) is 2.67. The third-order valence-electron chi connectivity index (χ3n) is 4.05. The Morgan fingerprint density at radius 3 is 2.76 bits per heavy atom. The lowest BCUT2D eigenvalue weighted by atomic mass is 9.86. The van der Waals surface area contributed by atoms with Crippen molar-refractivity contribution >= 4 is 0 Å². The van der Waals surface area contributed by atoms with Crippen molar-refractivity contribution in [3.05, 3.63) is 35.1 Å². The Labute approximate surface area is 103 Å². The van der Waals surface area contributed by atoms with E-state index in [4.69, 9.17) is 0 Å². The van der Waals surface area contributed by atoms with Crippen LogP contribution in [0.3, 0.4) is 0 Å². The number of hydrogen-bond donors (Lipinski definition) is 1. The van der Waals surface area contributed by atoms with Crippen molar-refractivity contribution < 1.29 is 9.50 Å². The number of benzene rings is 1. The zero-order valence-electron chi connectivity index (χ0n) is 10.7. The van der Waals surface area contributed by atoms with Crippen LogP contribution in [0, 0.1) is 18.7 Å². The van der Waals surface area contributed by atoms with Gasteiger partial charge in [0.05, 0.1) is 5.60 Å². The first-order valence-corrected chi connectivity index (χ1v) is 6.50. The lowest BCUT2D eigenvalue weighted by Crippen LogP contribution is -2.25. The molecule has 17 heavy (non-hydrogen) atoms. The topological polar surface area (TPSA) is 20.2 Å². The van der Waals surface area contributed by atoms with E-state index in [-0.39, 0.29) is 5.82 Å². The van der Waals surface area contributed by atoms with Crippen LogP contribution in [0.1, 0.15) is 50.2 Å². The summed E-state index contributed by atoms with van der Waals surface area (Å²) in [5, 5.41) is 10.7. The number of aryl methyl sites for hydroxylation is 1. The fraction of sp³-hybridized carbons (Fsp3) is 0.600. The fourth-order valence-corrected chi connectivity index (χ4v) is 2.67. The van der Waals surface area contributed by atoms with Crippen molar-refractivity contribution in [2.45, 2.75) is 51.6 Å². The first kappa shape index (κ1) is 12.6. The molecule has 0 aromatic heterocycles. The molecule has 0 heterocycles. The Balaban J connectivity index is 2.27. The van der Waals surface area contributed by atoms with Gasteiger partial charge in [-0.1, -0.05) is 25.5 Å². The molecule has 2 heteroatoms. The van der Waals surface area contributed by atoms with Gasteiger partial charge in [0, 0.05) is 0 Å². The summed E-state index contributed by atoms with van der Waals surface area (Å²) in [6, 6.07) is 5.14. The largest absolute Gasteiger partial charge is 0.385 e. The zero-order valence-corrected chi connectivity index (χ0v) is 10.7. The summed E-state index contributed by atoms with van der Waals surface area (Å²) in [7, 11) is 0. The first-order valence-electron chi connectivity index (χ1n) is 6.50. The van der Waals surface area contributed by atoms with E-state index < -0.39 is 5.60 Å². The molecule has 1 aliphatic rings. The highest BCUT2D eigenvalue weighted by Gasteiger charge is 2.31.